The molecule has 100 valence electrons. The minimum atomic E-state index is 0.101. The summed E-state index contributed by atoms with van der Waals surface area (Å²) in [5.74, 6) is 0.703. The summed E-state index contributed by atoms with van der Waals surface area (Å²) in [7, 11) is 0. The van der Waals surface area contributed by atoms with Crippen LogP contribution in [0.3, 0.4) is 0 Å². The Balaban J connectivity index is 2.09. The highest BCUT2D eigenvalue weighted by molar-refractivity contribution is 5.61. The summed E-state index contributed by atoms with van der Waals surface area (Å²) in [6.45, 7) is 0.699. The van der Waals surface area contributed by atoms with E-state index in [-0.39, 0.29) is 5.41 Å². The van der Waals surface area contributed by atoms with Gasteiger partial charge in [0.15, 0.2) is 0 Å². The van der Waals surface area contributed by atoms with Crippen molar-refractivity contribution in [2.45, 2.75) is 37.5 Å². The number of nitrogens with two attached hydrogens (primary N) is 1. The Hall–Kier alpha value is -1.61. The van der Waals surface area contributed by atoms with E-state index in [0.29, 0.717) is 12.4 Å². The van der Waals surface area contributed by atoms with Gasteiger partial charge in [0.25, 0.3) is 0 Å². The van der Waals surface area contributed by atoms with Gasteiger partial charge in [-0.25, -0.2) is 4.98 Å². The number of nitrogens with zero attached hydrogens (tertiary/aromatic N) is 1. The summed E-state index contributed by atoms with van der Waals surface area (Å²) < 4.78 is 5.49. The van der Waals surface area contributed by atoms with Gasteiger partial charge in [-0.15, -0.1) is 0 Å². The monoisotopic (exact) mass is 256 g/mol. The molecular formula is C16H20N2O. The number of hydrogen-bond donors (Lipinski definition) is 1. The summed E-state index contributed by atoms with van der Waals surface area (Å²) >= 11 is 0. The van der Waals surface area contributed by atoms with Gasteiger partial charge >= 0.3 is 0 Å². The van der Waals surface area contributed by atoms with E-state index in [1.54, 1.807) is 12.5 Å². The fourth-order valence-electron chi connectivity index (χ4n) is 3.30. The van der Waals surface area contributed by atoms with Crippen LogP contribution in [0.5, 0.6) is 0 Å². The average Bonchev–Trinajstić information content (AvgIpc) is 3.02. The van der Waals surface area contributed by atoms with Gasteiger partial charge < -0.3 is 10.2 Å². The van der Waals surface area contributed by atoms with Crippen LogP contribution in [0.1, 0.15) is 37.7 Å². The first-order chi connectivity index (χ1) is 9.36. The fraction of sp³-hybridized carbons (Fsp3) is 0.438. The van der Waals surface area contributed by atoms with E-state index in [4.69, 9.17) is 10.2 Å². The lowest BCUT2D eigenvalue weighted by Gasteiger charge is -2.37. The van der Waals surface area contributed by atoms with Crippen LogP contribution in [-0.4, -0.2) is 11.5 Å². The predicted molar refractivity (Wildman–Crippen MR) is 75.8 cm³/mol. The lowest BCUT2D eigenvalue weighted by atomic mass is 9.68. The van der Waals surface area contributed by atoms with E-state index in [1.165, 1.54) is 37.7 Å². The maximum Gasteiger partial charge on any atom is 0.226 e. The molecule has 3 rings (SSSR count). The second kappa shape index (κ2) is 5.17. The van der Waals surface area contributed by atoms with Crippen molar-refractivity contribution in [3.63, 3.8) is 0 Å². The van der Waals surface area contributed by atoms with Gasteiger partial charge in [-0.2, -0.15) is 0 Å². The average molecular weight is 256 g/mol. The van der Waals surface area contributed by atoms with E-state index < -0.39 is 0 Å². The molecule has 1 fully saturated rings. The molecule has 0 bridgehead atoms. The summed E-state index contributed by atoms with van der Waals surface area (Å²) in [5, 5.41) is 0. The predicted octanol–water partition coefficient (Wildman–Crippen LogP) is 3.50. The largest absolute Gasteiger partial charge is 0.445 e. The molecule has 3 heteroatoms. The second-order valence-electron chi connectivity index (χ2n) is 5.43. The Kier molecular flexibility index (Phi) is 3.38. The van der Waals surface area contributed by atoms with Gasteiger partial charge in [0.05, 0.1) is 6.20 Å². The molecule has 2 N–H and O–H groups in total. The highest BCUT2D eigenvalue weighted by Gasteiger charge is 2.34. The molecule has 1 aromatic carbocycles. The van der Waals surface area contributed by atoms with Crippen molar-refractivity contribution in [2.24, 2.45) is 5.73 Å². The van der Waals surface area contributed by atoms with Crippen LogP contribution in [0, 0.1) is 0 Å². The Morgan fingerprint density at radius 3 is 2.63 bits per heavy atom. The van der Waals surface area contributed by atoms with Crippen molar-refractivity contribution in [1.82, 2.24) is 4.98 Å². The fourth-order valence-corrected chi connectivity index (χ4v) is 3.30. The first-order valence-corrected chi connectivity index (χ1v) is 7.05. The van der Waals surface area contributed by atoms with Crippen LogP contribution in [-0.2, 0) is 5.41 Å². The molecule has 2 aromatic rings. The zero-order valence-electron chi connectivity index (χ0n) is 11.1. The topological polar surface area (TPSA) is 52.0 Å². The zero-order chi connectivity index (χ0) is 13.1. The quantitative estimate of drug-likeness (QED) is 0.914. The van der Waals surface area contributed by atoms with Crippen LogP contribution in [0.4, 0.5) is 0 Å². The first kappa shape index (κ1) is 12.4. The van der Waals surface area contributed by atoms with Crippen LogP contribution in [0.15, 0.2) is 41.1 Å². The van der Waals surface area contributed by atoms with E-state index in [1.807, 2.05) is 6.07 Å². The highest BCUT2D eigenvalue weighted by atomic mass is 16.3. The molecular weight excluding hydrogens is 236 g/mol. The summed E-state index contributed by atoms with van der Waals surface area (Å²) in [4.78, 5) is 4.30. The maximum absolute atomic E-state index is 6.14. The van der Waals surface area contributed by atoms with Crippen molar-refractivity contribution in [2.75, 3.05) is 6.54 Å². The Labute approximate surface area is 113 Å². The number of benzene rings is 1. The molecule has 1 aliphatic carbocycles. The molecule has 1 heterocycles. The van der Waals surface area contributed by atoms with Crippen LogP contribution >= 0.6 is 0 Å². The third kappa shape index (κ3) is 2.19. The van der Waals surface area contributed by atoms with E-state index in [2.05, 4.69) is 23.2 Å². The van der Waals surface area contributed by atoms with Gasteiger partial charge in [0.2, 0.25) is 5.89 Å². The Bertz CT molecular complexity index is 527. The van der Waals surface area contributed by atoms with Crippen molar-refractivity contribution in [3.8, 4) is 11.5 Å². The normalized spacial score (nSPS) is 18.4. The maximum atomic E-state index is 6.14. The van der Waals surface area contributed by atoms with Gasteiger partial charge in [0.1, 0.15) is 6.26 Å². The smallest absolute Gasteiger partial charge is 0.226 e. The van der Waals surface area contributed by atoms with Crippen LogP contribution < -0.4 is 5.73 Å². The third-order valence-corrected chi connectivity index (χ3v) is 4.36. The lowest BCUT2D eigenvalue weighted by molar-refractivity contribution is 0.301. The molecule has 0 unspecified atom stereocenters. The molecule has 0 radical (unpaired) electrons. The van der Waals surface area contributed by atoms with Crippen molar-refractivity contribution in [3.05, 3.63) is 42.3 Å². The molecule has 1 aliphatic rings. The molecule has 0 spiro atoms. The van der Waals surface area contributed by atoms with Crippen LogP contribution in [0.2, 0.25) is 0 Å². The number of hydrogen-bond acceptors (Lipinski definition) is 3. The number of aromatic nitrogens is 1. The SMILES string of the molecule is NCC1(c2ccccc2-c2ncco2)CCCCC1. The third-order valence-electron chi connectivity index (χ3n) is 4.36. The molecule has 0 aliphatic heterocycles. The molecule has 1 saturated carbocycles. The van der Waals surface area contributed by atoms with Gasteiger partial charge in [-0.3, -0.25) is 0 Å². The molecule has 0 atom stereocenters. The second-order valence-corrected chi connectivity index (χ2v) is 5.43. The first-order valence-electron chi connectivity index (χ1n) is 7.05. The molecule has 0 saturated heterocycles. The Morgan fingerprint density at radius 2 is 1.95 bits per heavy atom. The molecule has 1 aromatic heterocycles. The van der Waals surface area contributed by atoms with Crippen molar-refractivity contribution in [1.29, 1.82) is 0 Å². The molecule has 19 heavy (non-hydrogen) atoms. The highest BCUT2D eigenvalue weighted by Crippen LogP contribution is 2.42. The standard InChI is InChI=1S/C16H20N2O/c17-12-16(8-4-1-5-9-16)14-7-3-2-6-13(14)15-18-10-11-19-15/h2-3,6-7,10-11H,1,4-5,8-9,12,17H2. The van der Waals surface area contributed by atoms with Crippen molar-refractivity contribution >= 4 is 0 Å². The molecule has 0 amide bonds. The van der Waals surface area contributed by atoms with Crippen molar-refractivity contribution < 1.29 is 4.42 Å². The minimum Gasteiger partial charge on any atom is -0.445 e. The van der Waals surface area contributed by atoms with Gasteiger partial charge in [-0.1, -0.05) is 37.5 Å². The van der Waals surface area contributed by atoms with E-state index >= 15 is 0 Å². The van der Waals surface area contributed by atoms with E-state index in [0.717, 1.165) is 5.56 Å². The van der Waals surface area contributed by atoms with Gasteiger partial charge in [0, 0.05) is 17.5 Å². The number of oxazole rings is 1. The Morgan fingerprint density at radius 1 is 1.16 bits per heavy atom. The lowest BCUT2D eigenvalue weighted by Crippen LogP contribution is -2.37. The van der Waals surface area contributed by atoms with Crippen LogP contribution in [0.25, 0.3) is 11.5 Å². The van der Waals surface area contributed by atoms with Gasteiger partial charge in [-0.05, 0) is 24.5 Å². The summed E-state index contributed by atoms with van der Waals surface area (Å²) in [5.41, 5.74) is 8.64. The summed E-state index contributed by atoms with van der Waals surface area (Å²) in [6.07, 6.45) is 9.50. The summed E-state index contributed by atoms with van der Waals surface area (Å²) in [6, 6.07) is 8.41. The zero-order valence-corrected chi connectivity index (χ0v) is 11.1. The molecule has 3 nitrogen and oxygen atoms in total. The number of rotatable bonds is 3. The minimum absolute atomic E-state index is 0.101. The van der Waals surface area contributed by atoms with E-state index in [9.17, 15) is 0 Å².